The molecule has 1 N–H and O–H groups in total. The van der Waals surface area contributed by atoms with Gasteiger partial charge in [0.2, 0.25) is 0 Å². The van der Waals surface area contributed by atoms with Crippen LogP contribution in [0, 0.1) is 11.8 Å². The fourth-order valence-corrected chi connectivity index (χ4v) is 1.17. The third-order valence-corrected chi connectivity index (χ3v) is 1.99. The molecule has 0 aliphatic heterocycles. The van der Waals surface area contributed by atoms with Gasteiger partial charge < -0.3 is 4.98 Å². The summed E-state index contributed by atoms with van der Waals surface area (Å²) >= 11 is 5.85. The summed E-state index contributed by atoms with van der Waals surface area (Å²) in [6.45, 7) is 0. The van der Waals surface area contributed by atoms with Gasteiger partial charge in [0.15, 0.2) is 0 Å². The van der Waals surface area contributed by atoms with Crippen LogP contribution in [0.2, 0.25) is 5.02 Å². The Balaban J connectivity index is 2.28. The quantitative estimate of drug-likeness (QED) is 0.654. The van der Waals surface area contributed by atoms with Gasteiger partial charge in [-0.3, -0.25) is 0 Å². The Morgan fingerprint density at radius 1 is 1.21 bits per heavy atom. The van der Waals surface area contributed by atoms with Crippen LogP contribution in [0.1, 0.15) is 11.4 Å². The molecule has 68 valence electrons. The van der Waals surface area contributed by atoms with Crippen LogP contribution in [0.5, 0.6) is 0 Å². The number of rotatable bonds is 0. The van der Waals surface area contributed by atoms with Crippen LogP contribution in [-0.4, -0.2) is 9.97 Å². The summed E-state index contributed by atoms with van der Waals surface area (Å²) in [7, 11) is 0. The standard InChI is InChI=1S/C11H7ClN2/c12-10-6-8-14-11(10)5-4-9-3-1-2-7-13-9/h1-3,6-8,14H. The highest BCUT2D eigenvalue weighted by molar-refractivity contribution is 6.31. The van der Waals surface area contributed by atoms with Crippen LogP contribution in [0.15, 0.2) is 36.7 Å². The molecule has 2 aromatic heterocycles. The average molecular weight is 203 g/mol. The van der Waals surface area contributed by atoms with E-state index < -0.39 is 0 Å². The normalized spacial score (nSPS) is 9.21. The van der Waals surface area contributed by atoms with Crippen molar-refractivity contribution >= 4 is 11.6 Å². The van der Waals surface area contributed by atoms with E-state index in [0.717, 1.165) is 11.4 Å². The summed E-state index contributed by atoms with van der Waals surface area (Å²) in [5.74, 6) is 5.82. The smallest absolute Gasteiger partial charge is 0.113 e. The minimum atomic E-state index is 0.633. The van der Waals surface area contributed by atoms with Crippen molar-refractivity contribution in [3.8, 4) is 11.8 Å². The number of pyridine rings is 1. The lowest BCUT2D eigenvalue weighted by molar-refractivity contribution is 1.28. The number of hydrogen-bond donors (Lipinski definition) is 1. The number of nitrogens with one attached hydrogen (secondary N) is 1. The SMILES string of the molecule is Clc1cc[nH]c1C#Cc1ccccn1. The first-order valence-corrected chi connectivity index (χ1v) is 4.50. The molecule has 0 atom stereocenters. The Morgan fingerprint density at radius 3 is 2.79 bits per heavy atom. The Bertz CT molecular complexity index is 477. The van der Waals surface area contributed by atoms with Crippen molar-refractivity contribution in [2.24, 2.45) is 0 Å². The molecular formula is C11H7ClN2. The molecule has 0 saturated carbocycles. The lowest BCUT2D eigenvalue weighted by atomic mass is 10.3. The molecule has 0 aromatic carbocycles. The van der Waals surface area contributed by atoms with Gasteiger partial charge in [-0.15, -0.1) is 0 Å². The fraction of sp³-hybridized carbons (Fsp3) is 0. The molecule has 0 aliphatic carbocycles. The number of halogens is 1. The maximum absolute atomic E-state index is 5.85. The van der Waals surface area contributed by atoms with E-state index in [-0.39, 0.29) is 0 Å². The van der Waals surface area contributed by atoms with E-state index in [2.05, 4.69) is 21.8 Å². The van der Waals surface area contributed by atoms with Crippen LogP contribution in [-0.2, 0) is 0 Å². The van der Waals surface area contributed by atoms with Gasteiger partial charge in [0.1, 0.15) is 11.4 Å². The average Bonchev–Trinajstić information content (AvgIpc) is 2.63. The largest absolute Gasteiger partial charge is 0.354 e. The zero-order chi connectivity index (χ0) is 9.80. The van der Waals surface area contributed by atoms with Gasteiger partial charge in [0, 0.05) is 12.4 Å². The van der Waals surface area contributed by atoms with Crippen molar-refractivity contribution in [3.63, 3.8) is 0 Å². The lowest BCUT2D eigenvalue weighted by Gasteiger charge is -1.86. The van der Waals surface area contributed by atoms with Crippen molar-refractivity contribution < 1.29 is 0 Å². The first kappa shape index (κ1) is 8.86. The molecule has 14 heavy (non-hydrogen) atoms. The van der Waals surface area contributed by atoms with Gasteiger partial charge in [-0.1, -0.05) is 17.7 Å². The molecule has 0 bridgehead atoms. The zero-order valence-corrected chi connectivity index (χ0v) is 8.05. The Morgan fingerprint density at radius 2 is 2.14 bits per heavy atom. The third kappa shape index (κ3) is 1.95. The summed E-state index contributed by atoms with van der Waals surface area (Å²) in [5, 5.41) is 0.633. The third-order valence-electron chi connectivity index (χ3n) is 1.68. The first-order chi connectivity index (χ1) is 6.86. The molecule has 0 saturated heterocycles. The molecule has 2 nitrogen and oxygen atoms in total. The predicted molar refractivity (Wildman–Crippen MR) is 56.0 cm³/mol. The molecular weight excluding hydrogens is 196 g/mol. The molecule has 0 amide bonds. The van der Waals surface area contributed by atoms with E-state index in [1.807, 2.05) is 18.2 Å². The van der Waals surface area contributed by atoms with Crippen LogP contribution in [0.4, 0.5) is 0 Å². The lowest BCUT2D eigenvalue weighted by Crippen LogP contribution is -1.79. The number of aromatic nitrogens is 2. The van der Waals surface area contributed by atoms with E-state index in [4.69, 9.17) is 11.6 Å². The minimum absolute atomic E-state index is 0.633. The molecule has 0 spiro atoms. The summed E-state index contributed by atoms with van der Waals surface area (Å²) in [5.41, 5.74) is 1.45. The molecule has 2 rings (SSSR count). The van der Waals surface area contributed by atoms with E-state index in [0.29, 0.717) is 5.02 Å². The van der Waals surface area contributed by atoms with Gasteiger partial charge in [-0.25, -0.2) is 4.98 Å². The van der Waals surface area contributed by atoms with Crippen molar-refractivity contribution in [1.29, 1.82) is 0 Å². The molecule has 2 aromatic rings. The van der Waals surface area contributed by atoms with E-state index in [1.54, 1.807) is 18.5 Å². The minimum Gasteiger partial charge on any atom is -0.354 e. The van der Waals surface area contributed by atoms with Crippen LogP contribution >= 0.6 is 11.6 Å². The van der Waals surface area contributed by atoms with Crippen molar-refractivity contribution in [2.75, 3.05) is 0 Å². The second-order valence-electron chi connectivity index (χ2n) is 2.67. The molecule has 0 aliphatic rings. The van der Waals surface area contributed by atoms with Gasteiger partial charge in [-0.05, 0) is 30.0 Å². The van der Waals surface area contributed by atoms with Gasteiger partial charge in [0.05, 0.1) is 5.02 Å². The van der Waals surface area contributed by atoms with E-state index >= 15 is 0 Å². The number of aromatic amines is 1. The topological polar surface area (TPSA) is 28.7 Å². The van der Waals surface area contributed by atoms with Crippen molar-refractivity contribution in [3.05, 3.63) is 53.1 Å². The highest BCUT2D eigenvalue weighted by atomic mass is 35.5. The van der Waals surface area contributed by atoms with Crippen LogP contribution in [0.3, 0.4) is 0 Å². The highest BCUT2D eigenvalue weighted by Crippen LogP contribution is 2.11. The van der Waals surface area contributed by atoms with Gasteiger partial charge >= 0.3 is 0 Å². The Labute approximate surface area is 86.9 Å². The fourth-order valence-electron chi connectivity index (χ4n) is 1.01. The zero-order valence-electron chi connectivity index (χ0n) is 7.29. The first-order valence-electron chi connectivity index (χ1n) is 4.12. The second kappa shape index (κ2) is 3.99. The van der Waals surface area contributed by atoms with Crippen LogP contribution < -0.4 is 0 Å². The van der Waals surface area contributed by atoms with Gasteiger partial charge in [-0.2, -0.15) is 0 Å². The second-order valence-corrected chi connectivity index (χ2v) is 3.07. The summed E-state index contributed by atoms with van der Waals surface area (Å²) in [4.78, 5) is 7.02. The number of hydrogen-bond acceptors (Lipinski definition) is 1. The van der Waals surface area contributed by atoms with Crippen LogP contribution in [0.25, 0.3) is 0 Å². The van der Waals surface area contributed by atoms with E-state index in [9.17, 15) is 0 Å². The maximum Gasteiger partial charge on any atom is 0.113 e. The van der Waals surface area contributed by atoms with Crippen molar-refractivity contribution in [1.82, 2.24) is 9.97 Å². The maximum atomic E-state index is 5.85. The number of nitrogens with zero attached hydrogens (tertiary/aromatic N) is 1. The molecule has 0 fully saturated rings. The van der Waals surface area contributed by atoms with Gasteiger partial charge in [0.25, 0.3) is 0 Å². The predicted octanol–water partition coefficient (Wildman–Crippen LogP) is 2.46. The van der Waals surface area contributed by atoms with Crippen molar-refractivity contribution in [2.45, 2.75) is 0 Å². The summed E-state index contributed by atoms with van der Waals surface area (Å²) in [6, 6.07) is 7.37. The monoisotopic (exact) mass is 202 g/mol. The Hall–Kier alpha value is -1.72. The highest BCUT2D eigenvalue weighted by Gasteiger charge is 1.94. The molecule has 3 heteroatoms. The van der Waals surface area contributed by atoms with E-state index in [1.165, 1.54) is 0 Å². The number of H-pyrrole nitrogens is 1. The molecule has 0 radical (unpaired) electrons. The Kier molecular flexibility index (Phi) is 2.53. The molecule has 0 unspecified atom stereocenters. The summed E-state index contributed by atoms with van der Waals surface area (Å²) < 4.78 is 0. The summed E-state index contributed by atoms with van der Waals surface area (Å²) in [6.07, 6.45) is 3.46. The molecule has 2 heterocycles.